The first-order valence-electron chi connectivity index (χ1n) is 6.33. The van der Waals surface area contributed by atoms with Crippen molar-refractivity contribution >= 4 is 16.3 Å². The molecule has 0 radical (unpaired) electrons. The zero-order valence-corrected chi connectivity index (χ0v) is 11.2. The van der Waals surface area contributed by atoms with Gasteiger partial charge in [-0.1, -0.05) is 18.3 Å². The number of aromatic nitrogens is 4. The third kappa shape index (κ3) is 2.02. The van der Waals surface area contributed by atoms with Gasteiger partial charge in [0.05, 0.1) is 0 Å². The van der Waals surface area contributed by atoms with Gasteiger partial charge in [-0.25, -0.2) is 0 Å². The minimum absolute atomic E-state index is 0.0553. The Morgan fingerprint density at radius 1 is 1.56 bits per heavy atom. The van der Waals surface area contributed by atoms with Crippen LogP contribution in [0.4, 0.5) is 0 Å². The molecule has 2 unspecified atom stereocenters. The van der Waals surface area contributed by atoms with Crippen molar-refractivity contribution in [2.24, 2.45) is 5.73 Å². The van der Waals surface area contributed by atoms with E-state index in [1.807, 2.05) is 4.52 Å². The van der Waals surface area contributed by atoms with Crippen LogP contribution < -0.4 is 5.73 Å². The van der Waals surface area contributed by atoms with Crippen molar-refractivity contribution in [3.05, 3.63) is 10.8 Å². The lowest BCUT2D eigenvalue weighted by Crippen LogP contribution is -2.06. The van der Waals surface area contributed by atoms with Crippen LogP contribution in [-0.2, 0) is 4.74 Å². The lowest BCUT2D eigenvalue weighted by molar-refractivity contribution is 0.103. The number of hydrogen-bond acceptors (Lipinski definition) is 6. The molecule has 2 N–H and O–H groups in total. The molecule has 1 fully saturated rings. The maximum atomic E-state index is 5.64. The highest BCUT2D eigenvalue weighted by atomic mass is 32.1. The van der Waals surface area contributed by atoms with E-state index in [1.54, 1.807) is 11.3 Å². The summed E-state index contributed by atoms with van der Waals surface area (Å²) in [5.41, 5.74) is 5.59. The Bertz CT molecular complexity index is 531. The fourth-order valence-corrected chi connectivity index (χ4v) is 3.13. The lowest BCUT2D eigenvalue weighted by Gasteiger charge is -2.05. The van der Waals surface area contributed by atoms with Gasteiger partial charge in [0.2, 0.25) is 4.96 Å². The summed E-state index contributed by atoms with van der Waals surface area (Å²) in [5.74, 6) is 1.21. The van der Waals surface area contributed by atoms with Crippen molar-refractivity contribution in [3.8, 4) is 0 Å². The molecule has 6 nitrogen and oxygen atoms in total. The quantitative estimate of drug-likeness (QED) is 0.908. The second kappa shape index (κ2) is 4.91. The molecule has 1 aliphatic heterocycles. The van der Waals surface area contributed by atoms with Crippen LogP contribution in [0, 0.1) is 0 Å². The molecule has 2 aromatic heterocycles. The summed E-state index contributed by atoms with van der Waals surface area (Å²) in [6, 6.07) is 0. The fraction of sp³-hybridized carbons (Fsp3) is 0.727. The highest BCUT2D eigenvalue weighted by molar-refractivity contribution is 7.16. The molecule has 0 saturated carbocycles. The molecule has 3 heterocycles. The smallest absolute Gasteiger partial charge is 0.234 e. The third-order valence-electron chi connectivity index (χ3n) is 3.27. The summed E-state index contributed by atoms with van der Waals surface area (Å²) >= 11 is 1.59. The van der Waals surface area contributed by atoms with Gasteiger partial charge in [-0.2, -0.15) is 9.61 Å². The summed E-state index contributed by atoms with van der Waals surface area (Å²) in [6.45, 7) is 3.63. The SMILES string of the molecule is CC(CCN)c1nn2c(C3CCCO3)nnc2s1. The molecule has 2 atom stereocenters. The molecule has 98 valence electrons. The molecule has 7 heteroatoms. The monoisotopic (exact) mass is 267 g/mol. The van der Waals surface area contributed by atoms with E-state index in [1.165, 1.54) is 0 Å². The molecule has 0 spiro atoms. The Kier molecular flexibility index (Phi) is 3.27. The third-order valence-corrected chi connectivity index (χ3v) is 4.40. The van der Waals surface area contributed by atoms with Crippen LogP contribution in [0.1, 0.15) is 49.0 Å². The minimum Gasteiger partial charge on any atom is -0.370 e. The fourth-order valence-electron chi connectivity index (χ4n) is 2.20. The summed E-state index contributed by atoms with van der Waals surface area (Å²) < 4.78 is 7.48. The highest BCUT2D eigenvalue weighted by Gasteiger charge is 2.25. The molecule has 18 heavy (non-hydrogen) atoms. The highest BCUT2D eigenvalue weighted by Crippen LogP contribution is 2.30. The Hall–Kier alpha value is -1.05. The Morgan fingerprint density at radius 3 is 3.17 bits per heavy atom. The van der Waals surface area contributed by atoms with Crippen LogP contribution in [0.5, 0.6) is 0 Å². The predicted octanol–water partition coefficient (Wildman–Crippen LogP) is 1.49. The number of nitrogens with two attached hydrogens (primary N) is 1. The van der Waals surface area contributed by atoms with E-state index in [4.69, 9.17) is 10.5 Å². The first-order chi connectivity index (χ1) is 8.79. The van der Waals surface area contributed by atoms with Crippen LogP contribution in [0.25, 0.3) is 4.96 Å². The van der Waals surface area contributed by atoms with E-state index in [2.05, 4.69) is 22.2 Å². The Labute approximate surface area is 109 Å². The van der Waals surface area contributed by atoms with Crippen molar-refractivity contribution in [2.75, 3.05) is 13.2 Å². The predicted molar refractivity (Wildman–Crippen MR) is 68.7 cm³/mol. The average molecular weight is 267 g/mol. The van der Waals surface area contributed by atoms with Gasteiger partial charge in [0.15, 0.2) is 5.82 Å². The molecule has 2 aromatic rings. The van der Waals surface area contributed by atoms with Gasteiger partial charge >= 0.3 is 0 Å². The van der Waals surface area contributed by atoms with Gasteiger partial charge in [0.25, 0.3) is 0 Å². The molecule has 0 bridgehead atoms. The average Bonchev–Trinajstić information content (AvgIpc) is 3.04. The number of nitrogens with zero attached hydrogens (tertiary/aromatic N) is 4. The normalized spacial score (nSPS) is 21.8. The van der Waals surface area contributed by atoms with Gasteiger partial charge < -0.3 is 10.5 Å². The minimum atomic E-state index is 0.0553. The number of rotatable bonds is 4. The summed E-state index contributed by atoms with van der Waals surface area (Å²) in [7, 11) is 0. The second-order valence-corrected chi connectivity index (χ2v) is 5.66. The standard InChI is InChI=1S/C11H17N5OS/c1-7(4-5-12)10-15-16-9(8-3-2-6-17-8)13-14-11(16)18-10/h7-8H,2-6,12H2,1H3. The van der Waals surface area contributed by atoms with E-state index < -0.39 is 0 Å². The maximum Gasteiger partial charge on any atom is 0.234 e. The Balaban J connectivity index is 1.92. The van der Waals surface area contributed by atoms with Gasteiger partial charge in [0, 0.05) is 12.5 Å². The lowest BCUT2D eigenvalue weighted by atomic mass is 10.1. The molecule has 3 rings (SSSR count). The Morgan fingerprint density at radius 2 is 2.44 bits per heavy atom. The van der Waals surface area contributed by atoms with Gasteiger partial charge in [0.1, 0.15) is 11.1 Å². The van der Waals surface area contributed by atoms with Gasteiger partial charge in [-0.05, 0) is 25.8 Å². The van der Waals surface area contributed by atoms with Crippen molar-refractivity contribution in [1.82, 2.24) is 19.8 Å². The molecule has 0 aliphatic carbocycles. The zero-order valence-electron chi connectivity index (χ0n) is 10.4. The topological polar surface area (TPSA) is 78.3 Å². The van der Waals surface area contributed by atoms with Crippen LogP contribution in [0.15, 0.2) is 0 Å². The van der Waals surface area contributed by atoms with Crippen LogP contribution in [-0.4, -0.2) is 33.0 Å². The van der Waals surface area contributed by atoms with Crippen LogP contribution in [0.2, 0.25) is 0 Å². The first-order valence-corrected chi connectivity index (χ1v) is 7.15. The number of ether oxygens (including phenoxy) is 1. The summed E-state index contributed by atoms with van der Waals surface area (Å²) in [5, 5.41) is 14.1. The molecular formula is C11H17N5OS. The first kappa shape index (κ1) is 12.0. The molecular weight excluding hydrogens is 250 g/mol. The van der Waals surface area contributed by atoms with Crippen LogP contribution >= 0.6 is 11.3 Å². The zero-order chi connectivity index (χ0) is 12.5. The van der Waals surface area contributed by atoms with E-state index in [9.17, 15) is 0 Å². The van der Waals surface area contributed by atoms with Crippen molar-refractivity contribution in [1.29, 1.82) is 0 Å². The summed E-state index contributed by atoms with van der Waals surface area (Å²) in [4.78, 5) is 0.847. The molecule has 0 amide bonds. The molecule has 1 saturated heterocycles. The van der Waals surface area contributed by atoms with E-state index in [0.29, 0.717) is 12.5 Å². The van der Waals surface area contributed by atoms with Crippen molar-refractivity contribution < 1.29 is 4.74 Å². The summed E-state index contributed by atoms with van der Waals surface area (Å²) in [6.07, 6.45) is 3.09. The second-order valence-electron chi connectivity index (χ2n) is 4.67. The van der Waals surface area contributed by atoms with E-state index in [0.717, 1.165) is 41.7 Å². The molecule has 0 aromatic carbocycles. The van der Waals surface area contributed by atoms with E-state index in [-0.39, 0.29) is 6.10 Å². The van der Waals surface area contributed by atoms with Crippen molar-refractivity contribution in [3.63, 3.8) is 0 Å². The number of fused-ring (bicyclic) bond motifs is 1. The number of hydrogen-bond donors (Lipinski definition) is 1. The van der Waals surface area contributed by atoms with Crippen molar-refractivity contribution in [2.45, 2.75) is 38.2 Å². The maximum absolute atomic E-state index is 5.64. The van der Waals surface area contributed by atoms with Crippen LogP contribution in [0.3, 0.4) is 0 Å². The van der Waals surface area contributed by atoms with Gasteiger partial charge in [-0.15, -0.1) is 10.2 Å². The van der Waals surface area contributed by atoms with Gasteiger partial charge in [-0.3, -0.25) is 0 Å². The van der Waals surface area contributed by atoms with E-state index >= 15 is 0 Å². The largest absolute Gasteiger partial charge is 0.370 e. The molecule has 1 aliphatic rings.